The molecule has 4 heteroatoms. The fraction of sp³-hybridized carbons (Fsp3) is 0.0769. The van der Waals surface area contributed by atoms with Gasteiger partial charge < -0.3 is 9.73 Å². The Balaban J connectivity index is 1.38. The summed E-state index contributed by atoms with van der Waals surface area (Å²) in [6.45, 7) is 2.03. The van der Waals surface area contributed by atoms with Gasteiger partial charge in [0.05, 0.1) is 6.42 Å². The minimum atomic E-state index is -0.0586. The third-order valence-electron chi connectivity index (χ3n) is 5.17. The van der Waals surface area contributed by atoms with Gasteiger partial charge in [0.15, 0.2) is 5.58 Å². The second kappa shape index (κ2) is 7.48. The first-order chi connectivity index (χ1) is 14.7. The van der Waals surface area contributed by atoms with E-state index in [2.05, 4.69) is 22.4 Å². The number of nitrogens with one attached hydrogen (secondary N) is 1. The molecular formula is C26H20N2O2. The molecule has 4 nitrogen and oxygen atoms in total. The number of hydrogen-bond acceptors (Lipinski definition) is 3. The van der Waals surface area contributed by atoms with Gasteiger partial charge in [0, 0.05) is 11.3 Å². The largest absolute Gasteiger partial charge is 0.436 e. The number of oxazole rings is 1. The normalized spacial score (nSPS) is 11.1. The monoisotopic (exact) mass is 392 g/mol. The first kappa shape index (κ1) is 18.1. The van der Waals surface area contributed by atoms with E-state index >= 15 is 0 Å². The van der Waals surface area contributed by atoms with Gasteiger partial charge in [-0.25, -0.2) is 4.98 Å². The molecule has 0 atom stereocenters. The summed E-state index contributed by atoms with van der Waals surface area (Å²) in [5.74, 6) is 0.484. The minimum Gasteiger partial charge on any atom is -0.436 e. The van der Waals surface area contributed by atoms with Crippen molar-refractivity contribution in [2.75, 3.05) is 5.32 Å². The van der Waals surface area contributed by atoms with E-state index in [1.165, 1.54) is 0 Å². The highest BCUT2D eigenvalue weighted by molar-refractivity contribution is 5.96. The zero-order chi connectivity index (χ0) is 20.5. The molecule has 0 fully saturated rings. The summed E-state index contributed by atoms with van der Waals surface area (Å²) >= 11 is 0. The molecule has 146 valence electrons. The van der Waals surface area contributed by atoms with Crippen molar-refractivity contribution in [1.29, 1.82) is 0 Å². The van der Waals surface area contributed by atoms with Crippen LogP contribution in [0.15, 0.2) is 89.3 Å². The van der Waals surface area contributed by atoms with E-state index in [4.69, 9.17) is 4.42 Å². The Morgan fingerprint density at radius 1 is 0.933 bits per heavy atom. The van der Waals surface area contributed by atoms with Gasteiger partial charge in [0.2, 0.25) is 11.8 Å². The molecule has 0 aliphatic rings. The number of aryl methyl sites for hydroxylation is 1. The van der Waals surface area contributed by atoms with Crippen molar-refractivity contribution in [3.63, 3.8) is 0 Å². The SMILES string of the molecule is Cc1ccc2oc(-c3cccc(NC(=O)Cc4cccc5ccccc45)c3)nc2c1. The van der Waals surface area contributed by atoms with E-state index in [1.54, 1.807) is 0 Å². The zero-order valence-electron chi connectivity index (χ0n) is 16.6. The van der Waals surface area contributed by atoms with Gasteiger partial charge in [0.25, 0.3) is 0 Å². The molecule has 4 aromatic carbocycles. The molecular weight excluding hydrogens is 372 g/mol. The lowest BCUT2D eigenvalue weighted by atomic mass is 10.0. The van der Waals surface area contributed by atoms with Crippen LogP contribution in [0.2, 0.25) is 0 Å². The molecule has 0 saturated carbocycles. The Morgan fingerprint density at radius 2 is 1.77 bits per heavy atom. The highest BCUT2D eigenvalue weighted by atomic mass is 16.3. The van der Waals surface area contributed by atoms with Crippen molar-refractivity contribution in [3.8, 4) is 11.5 Å². The van der Waals surface area contributed by atoms with Gasteiger partial charge in [-0.15, -0.1) is 0 Å². The average Bonchev–Trinajstić information content (AvgIpc) is 3.17. The van der Waals surface area contributed by atoms with Crippen LogP contribution in [0.25, 0.3) is 33.3 Å². The molecule has 5 rings (SSSR count). The Labute approximate surface area is 174 Å². The topological polar surface area (TPSA) is 55.1 Å². The summed E-state index contributed by atoms with van der Waals surface area (Å²) in [7, 11) is 0. The van der Waals surface area contributed by atoms with Crippen molar-refractivity contribution in [2.24, 2.45) is 0 Å². The van der Waals surface area contributed by atoms with Gasteiger partial charge in [-0.05, 0) is 59.2 Å². The van der Waals surface area contributed by atoms with Crippen LogP contribution >= 0.6 is 0 Å². The number of aromatic nitrogens is 1. The molecule has 5 aromatic rings. The molecule has 1 amide bonds. The van der Waals surface area contributed by atoms with Crippen molar-refractivity contribution >= 4 is 33.5 Å². The van der Waals surface area contributed by atoms with Gasteiger partial charge in [-0.3, -0.25) is 4.79 Å². The van der Waals surface area contributed by atoms with Crippen LogP contribution in [0.3, 0.4) is 0 Å². The van der Waals surface area contributed by atoms with E-state index in [-0.39, 0.29) is 5.91 Å². The summed E-state index contributed by atoms with van der Waals surface area (Å²) in [5.41, 5.74) is 5.27. The van der Waals surface area contributed by atoms with Crippen LogP contribution in [0.5, 0.6) is 0 Å². The predicted molar refractivity (Wildman–Crippen MR) is 120 cm³/mol. The number of amides is 1. The van der Waals surface area contributed by atoms with Crippen LogP contribution in [0.4, 0.5) is 5.69 Å². The average molecular weight is 392 g/mol. The summed E-state index contributed by atoms with van der Waals surface area (Å²) in [4.78, 5) is 17.3. The Hall–Kier alpha value is -3.92. The van der Waals surface area contributed by atoms with Crippen molar-refractivity contribution < 1.29 is 9.21 Å². The Bertz CT molecular complexity index is 1380. The van der Waals surface area contributed by atoms with Crippen LogP contribution < -0.4 is 5.32 Å². The van der Waals surface area contributed by atoms with Crippen LogP contribution in [0.1, 0.15) is 11.1 Å². The summed E-state index contributed by atoms with van der Waals surface area (Å²) in [6.07, 6.45) is 0.313. The van der Waals surface area contributed by atoms with Crippen molar-refractivity contribution in [3.05, 3.63) is 96.1 Å². The van der Waals surface area contributed by atoms with Crippen LogP contribution in [0, 0.1) is 6.92 Å². The summed E-state index contributed by atoms with van der Waals surface area (Å²) < 4.78 is 5.89. The number of benzene rings is 4. The van der Waals surface area contributed by atoms with E-state index < -0.39 is 0 Å². The zero-order valence-corrected chi connectivity index (χ0v) is 16.6. The number of carbonyl (C=O) groups is 1. The minimum absolute atomic E-state index is 0.0586. The first-order valence-electron chi connectivity index (χ1n) is 9.90. The van der Waals surface area contributed by atoms with Gasteiger partial charge in [-0.1, -0.05) is 54.6 Å². The first-order valence-corrected chi connectivity index (χ1v) is 9.90. The third-order valence-corrected chi connectivity index (χ3v) is 5.17. The standard InChI is InChI=1S/C26H20N2O2/c1-17-12-13-24-23(14-17)28-26(30-24)20-9-5-10-21(15-20)27-25(29)16-19-8-4-7-18-6-2-3-11-22(18)19/h2-15H,16H2,1H3,(H,27,29). The molecule has 1 aromatic heterocycles. The van der Waals surface area contributed by atoms with Gasteiger partial charge >= 0.3 is 0 Å². The van der Waals surface area contributed by atoms with Crippen molar-refractivity contribution in [1.82, 2.24) is 4.98 Å². The number of carbonyl (C=O) groups excluding carboxylic acids is 1. The van der Waals surface area contributed by atoms with E-state index in [0.29, 0.717) is 12.3 Å². The lowest BCUT2D eigenvalue weighted by Gasteiger charge is -2.08. The molecule has 30 heavy (non-hydrogen) atoms. The van der Waals surface area contributed by atoms with Crippen molar-refractivity contribution in [2.45, 2.75) is 13.3 Å². The smallest absolute Gasteiger partial charge is 0.228 e. The molecule has 1 N–H and O–H groups in total. The highest BCUT2D eigenvalue weighted by Gasteiger charge is 2.11. The fourth-order valence-corrected chi connectivity index (χ4v) is 3.72. The van der Waals surface area contributed by atoms with Crippen LogP contribution in [-0.2, 0) is 11.2 Å². The maximum Gasteiger partial charge on any atom is 0.228 e. The number of hydrogen-bond donors (Lipinski definition) is 1. The van der Waals surface area contributed by atoms with Gasteiger partial charge in [-0.2, -0.15) is 0 Å². The van der Waals surface area contributed by atoms with Gasteiger partial charge in [0.1, 0.15) is 5.52 Å². The lowest BCUT2D eigenvalue weighted by Crippen LogP contribution is -2.14. The second-order valence-electron chi connectivity index (χ2n) is 7.43. The van der Waals surface area contributed by atoms with E-state index in [9.17, 15) is 4.79 Å². The number of rotatable bonds is 4. The Morgan fingerprint density at radius 3 is 2.70 bits per heavy atom. The quantitative estimate of drug-likeness (QED) is 0.400. The molecule has 1 heterocycles. The highest BCUT2D eigenvalue weighted by Crippen LogP contribution is 2.27. The number of nitrogens with zero attached hydrogens (tertiary/aromatic N) is 1. The van der Waals surface area contributed by atoms with Crippen LogP contribution in [-0.4, -0.2) is 10.9 Å². The van der Waals surface area contributed by atoms with E-state index in [0.717, 1.165) is 44.2 Å². The third kappa shape index (κ3) is 3.55. The molecule has 0 aliphatic heterocycles. The predicted octanol–water partition coefficient (Wildman–Crippen LogP) is 6.14. The molecule has 0 bridgehead atoms. The molecule has 0 spiro atoms. The summed E-state index contributed by atoms with van der Waals surface area (Å²) in [5, 5.41) is 5.24. The summed E-state index contributed by atoms with van der Waals surface area (Å²) in [6, 6.07) is 27.7. The molecule has 0 saturated heterocycles. The molecule has 0 radical (unpaired) electrons. The second-order valence-corrected chi connectivity index (χ2v) is 7.43. The number of fused-ring (bicyclic) bond motifs is 2. The maximum absolute atomic E-state index is 12.7. The number of anilines is 1. The maximum atomic E-state index is 12.7. The fourth-order valence-electron chi connectivity index (χ4n) is 3.72. The Kier molecular flexibility index (Phi) is 4.52. The molecule has 0 unspecified atom stereocenters. The molecule has 0 aliphatic carbocycles. The van der Waals surface area contributed by atoms with E-state index in [1.807, 2.05) is 79.7 Å². The lowest BCUT2D eigenvalue weighted by molar-refractivity contribution is -0.115.